The third-order valence-corrected chi connectivity index (χ3v) is 6.33. The topological polar surface area (TPSA) is 71.4 Å². The highest BCUT2D eigenvalue weighted by Gasteiger charge is 2.12. The third kappa shape index (κ3) is 5.78. The summed E-state index contributed by atoms with van der Waals surface area (Å²) >= 11 is 0. The Kier molecular flexibility index (Phi) is 6.86. The maximum absolute atomic E-state index is 13.2. The van der Waals surface area contributed by atoms with Crippen LogP contribution < -0.4 is 10.7 Å². The standard InChI is InChI=1S/C32H27N3O2/c1-21-8-3-4-14-28(21)34-31-15-7-10-23-9-5-12-25(17-23)29-16-22(2)30(36)20-27(33-29)19-24-11-6-13-26(18-24)32(37)35-31/h3-9,11-18,20H,10,19H2,1-2H3,(H,34,35,37)/b15-7+. The molecule has 0 aliphatic carbocycles. The fourth-order valence-electron chi connectivity index (χ4n) is 4.31. The van der Waals surface area contributed by atoms with Crippen LogP contribution in [0.15, 0.2) is 107 Å². The van der Waals surface area contributed by atoms with Gasteiger partial charge >= 0.3 is 0 Å². The molecule has 6 bridgehead atoms. The first-order chi connectivity index (χ1) is 17.9. The molecule has 37 heavy (non-hydrogen) atoms. The summed E-state index contributed by atoms with van der Waals surface area (Å²) in [6.45, 7) is 3.81. The first-order valence-electron chi connectivity index (χ1n) is 12.3. The highest BCUT2D eigenvalue weighted by atomic mass is 16.1. The van der Waals surface area contributed by atoms with E-state index >= 15 is 0 Å². The van der Waals surface area contributed by atoms with E-state index in [0.29, 0.717) is 35.5 Å². The van der Waals surface area contributed by atoms with Crippen molar-refractivity contribution < 1.29 is 4.79 Å². The van der Waals surface area contributed by atoms with Crippen molar-refractivity contribution in [3.8, 4) is 11.3 Å². The normalized spacial score (nSPS) is 15.2. The Labute approximate surface area is 216 Å². The minimum Gasteiger partial charge on any atom is -0.307 e. The monoisotopic (exact) mass is 485 g/mol. The van der Waals surface area contributed by atoms with Crippen molar-refractivity contribution >= 4 is 17.4 Å². The maximum Gasteiger partial charge on any atom is 0.256 e. The third-order valence-electron chi connectivity index (χ3n) is 6.33. The van der Waals surface area contributed by atoms with Crippen LogP contribution in [0.1, 0.15) is 38.3 Å². The van der Waals surface area contributed by atoms with Crippen molar-refractivity contribution in [2.24, 2.45) is 4.99 Å². The van der Waals surface area contributed by atoms with Crippen LogP contribution in [0.25, 0.3) is 11.3 Å². The molecule has 0 saturated carbocycles. The SMILES string of the molecule is Cc1ccccc1N=C1/C=C/Cc2cccc(c2)-c2cc(C)c(=O)cc(n2)Cc2cccc(c2)C(=O)N1. The minimum absolute atomic E-state index is 0.0586. The molecular formula is C32H27N3O2. The van der Waals surface area contributed by atoms with E-state index in [4.69, 9.17) is 9.98 Å². The lowest BCUT2D eigenvalue weighted by Gasteiger charge is -2.09. The average molecular weight is 486 g/mol. The molecule has 1 aromatic heterocycles. The second kappa shape index (κ2) is 10.5. The Bertz CT molecular complexity index is 1620. The second-order valence-corrected chi connectivity index (χ2v) is 9.25. The predicted octanol–water partition coefficient (Wildman–Crippen LogP) is 5.89. The summed E-state index contributed by atoms with van der Waals surface area (Å²) in [6.07, 6.45) is 4.91. The van der Waals surface area contributed by atoms with Gasteiger partial charge in [-0.1, -0.05) is 54.6 Å². The van der Waals surface area contributed by atoms with Crippen LogP contribution in [0.2, 0.25) is 0 Å². The van der Waals surface area contributed by atoms with E-state index in [9.17, 15) is 9.59 Å². The van der Waals surface area contributed by atoms with E-state index in [2.05, 4.69) is 11.4 Å². The molecule has 182 valence electrons. The number of aromatic nitrogens is 1. The Morgan fingerprint density at radius 3 is 2.38 bits per heavy atom. The van der Waals surface area contributed by atoms with Gasteiger partial charge in [0.05, 0.1) is 11.4 Å². The molecular weight excluding hydrogens is 458 g/mol. The first-order valence-corrected chi connectivity index (χ1v) is 12.3. The highest BCUT2D eigenvalue weighted by Crippen LogP contribution is 2.21. The van der Waals surface area contributed by atoms with Gasteiger partial charge < -0.3 is 5.32 Å². The van der Waals surface area contributed by atoms with Crippen LogP contribution in [0, 0.1) is 13.8 Å². The molecule has 0 atom stereocenters. The number of nitrogens with one attached hydrogen (secondary N) is 1. The fourth-order valence-corrected chi connectivity index (χ4v) is 4.31. The Morgan fingerprint density at radius 2 is 1.54 bits per heavy atom. The summed E-state index contributed by atoms with van der Waals surface area (Å²) in [5, 5.41) is 2.98. The summed E-state index contributed by atoms with van der Waals surface area (Å²) in [5.74, 6) is 0.221. The van der Waals surface area contributed by atoms with Gasteiger partial charge in [0.2, 0.25) is 0 Å². The number of fused-ring (bicyclic) bond motifs is 7. The van der Waals surface area contributed by atoms with Crippen LogP contribution >= 0.6 is 0 Å². The second-order valence-electron chi connectivity index (χ2n) is 9.25. The summed E-state index contributed by atoms with van der Waals surface area (Å²) in [4.78, 5) is 35.5. The van der Waals surface area contributed by atoms with Crippen molar-refractivity contribution in [2.75, 3.05) is 0 Å². The number of hydrogen-bond acceptors (Lipinski definition) is 4. The zero-order chi connectivity index (χ0) is 25.8. The molecule has 0 saturated heterocycles. The number of amidine groups is 1. The van der Waals surface area contributed by atoms with Gasteiger partial charge in [-0.3, -0.25) is 14.6 Å². The summed E-state index contributed by atoms with van der Waals surface area (Å²) in [6, 6.07) is 26.8. The van der Waals surface area contributed by atoms with E-state index in [0.717, 1.165) is 33.6 Å². The van der Waals surface area contributed by atoms with Gasteiger partial charge in [-0.05, 0) is 78.9 Å². The number of aryl methyl sites for hydroxylation is 2. The van der Waals surface area contributed by atoms with Gasteiger partial charge in [-0.2, -0.15) is 0 Å². The number of carbonyl (C=O) groups is 1. The number of carbonyl (C=O) groups excluding carboxylic acids is 1. The highest BCUT2D eigenvalue weighted by molar-refractivity contribution is 6.11. The molecule has 2 heterocycles. The number of rotatable bonds is 1. The molecule has 5 rings (SSSR count). The fraction of sp³-hybridized carbons (Fsp3) is 0.125. The number of aliphatic imine (C=N–C) groups is 1. The molecule has 5 heteroatoms. The lowest BCUT2D eigenvalue weighted by Crippen LogP contribution is -2.29. The van der Waals surface area contributed by atoms with Crippen molar-refractivity contribution in [2.45, 2.75) is 26.7 Å². The molecule has 1 aliphatic heterocycles. The van der Waals surface area contributed by atoms with Gasteiger partial charge in [-0.15, -0.1) is 0 Å². The van der Waals surface area contributed by atoms with Crippen molar-refractivity contribution in [1.29, 1.82) is 0 Å². The van der Waals surface area contributed by atoms with Crippen molar-refractivity contribution in [1.82, 2.24) is 10.3 Å². The molecule has 3 aromatic carbocycles. The summed E-state index contributed by atoms with van der Waals surface area (Å²) < 4.78 is 0. The molecule has 5 nitrogen and oxygen atoms in total. The number of hydrogen-bond donors (Lipinski definition) is 1. The number of para-hydroxylation sites is 1. The largest absolute Gasteiger partial charge is 0.307 e. The Morgan fingerprint density at radius 1 is 0.784 bits per heavy atom. The maximum atomic E-state index is 13.2. The molecule has 1 amide bonds. The zero-order valence-electron chi connectivity index (χ0n) is 20.9. The van der Waals surface area contributed by atoms with Gasteiger partial charge in [0.25, 0.3) is 5.91 Å². The number of nitrogens with zero attached hydrogens (tertiary/aromatic N) is 2. The van der Waals surface area contributed by atoms with Crippen LogP contribution in [-0.4, -0.2) is 16.7 Å². The molecule has 0 unspecified atom stereocenters. The van der Waals surface area contributed by atoms with Crippen LogP contribution in [0.5, 0.6) is 0 Å². The molecule has 0 spiro atoms. The van der Waals surface area contributed by atoms with E-state index in [-0.39, 0.29) is 11.3 Å². The van der Waals surface area contributed by atoms with Crippen molar-refractivity contribution in [3.63, 3.8) is 0 Å². The van der Waals surface area contributed by atoms with Gasteiger partial charge in [0.1, 0.15) is 5.84 Å². The van der Waals surface area contributed by atoms with Crippen molar-refractivity contribution in [3.05, 3.63) is 141 Å². The lowest BCUT2D eigenvalue weighted by molar-refractivity contribution is 0.0977. The Hall–Kier alpha value is -4.64. The van der Waals surface area contributed by atoms with E-state index in [1.54, 1.807) is 12.1 Å². The number of benzene rings is 3. The number of allylic oxidation sites excluding steroid dienone is 1. The van der Waals surface area contributed by atoms with E-state index in [1.165, 1.54) is 0 Å². The smallest absolute Gasteiger partial charge is 0.256 e. The van der Waals surface area contributed by atoms with E-state index in [1.807, 2.05) is 92.7 Å². The van der Waals surface area contributed by atoms with E-state index < -0.39 is 0 Å². The van der Waals surface area contributed by atoms with Gasteiger partial charge in [0.15, 0.2) is 5.43 Å². The first kappa shape index (κ1) is 24.1. The van der Waals surface area contributed by atoms with Gasteiger partial charge in [-0.25, -0.2) is 4.99 Å². The molecule has 4 aromatic rings. The molecule has 0 radical (unpaired) electrons. The van der Waals surface area contributed by atoms with Crippen LogP contribution in [-0.2, 0) is 12.8 Å². The molecule has 1 N–H and O–H groups in total. The Balaban J connectivity index is 1.64. The summed E-state index contributed by atoms with van der Waals surface area (Å²) in [5.41, 5.74) is 7.26. The quantitative estimate of drug-likeness (QED) is 0.366. The summed E-state index contributed by atoms with van der Waals surface area (Å²) in [7, 11) is 0. The zero-order valence-corrected chi connectivity index (χ0v) is 20.9. The molecule has 0 fully saturated rings. The average Bonchev–Trinajstić information content (AvgIpc) is 3.02. The minimum atomic E-state index is -0.249. The van der Waals surface area contributed by atoms with Gasteiger partial charge in [0, 0.05) is 29.3 Å². The number of amides is 1. The predicted molar refractivity (Wildman–Crippen MR) is 149 cm³/mol. The molecule has 1 aliphatic rings. The van der Waals surface area contributed by atoms with Crippen LogP contribution in [0.4, 0.5) is 5.69 Å². The van der Waals surface area contributed by atoms with Crippen LogP contribution in [0.3, 0.4) is 0 Å². The lowest BCUT2D eigenvalue weighted by atomic mass is 10.0.